The summed E-state index contributed by atoms with van der Waals surface area (Å²) in [4.78, 5) is 22.9. The molecule has 0 aliphatic rings. The maximum Gasteiger partial charge on any atom is 0.326 e. The van der Waals surface area contributed by atoms with Gasteiger partial charge in [0.25, 0.3) is 0 Å². The molecular formula is C11H21NO4. The molecule has 1 atom stereocenters. The van der Waals surface area contributed by atoms with Crippen molar-refractivity contribution in [3.63, 3.8) is 0 Å². The van der Waals surface area contributed by atoms with Crippen molar-refractivity contribution in [2.75, 3.05) is 13.7 Å². The smallest absolute Gasteiger partial charge is 0.326 e. The first-order valence-corrected chi connectivity index (χ1v) is 5.38. The summed E-state index contributed by atoms with van der Waals surface area (Å²) in [6.07, 6.45) is 0.240. The fourth-order valence-corrected chi connectivity index (χ4v) is 1.63. The van der Waals surface area contributed by atoms with E-state index in [-0.39, 0.29) is 18.9 Å². The van der Waals surface area contributed by atoms with E-state index < -0.39 is 17.5 Å². The van der Waals surface area contributed by atoms with Crippen molar-refractivity contribution in [1.29, 1.82) is 0 Å². The van der Waals surface area contributed by atoms with Gasteiger partial charge in [0.1, 0.15) is 5.54 Å². The van der Waals surface area contributed by atoms with Crippen LogP contribution >= 0.6 is 0 Å². The van der Waals surface area contributed by atoms with Gasteiger partial charge in [-0.3, -0.25) is 9.59 Å². The number of ether oxygens (including phenoxy) is 2. The van der Waals surface area contributed by atoms with Crippen molar-refractivity contribution in [3.8, 4) is 0 Å². The molecule has 0 aromatic heterocycles. The number of carbonyl (C=O) groups is 2. The highest BCUT2D eigenvalue weighted by Crippen LogP contribution is 2.20. The largest absolute Gasteiger partial charge is 0.468 e. The first-order chi connectivity index (χ1) is 7.35. The lowest BCUT2D eigenvalue weighted by molar-refractivity contribution is -0.155. The molecule has 5 heteroatoms. The number of esters is 2. The molecule has 0 radical (unpaired) electrons. The highest BCUT2D eigenvalue weighted by Gasteiger charge is 2.38. The maximum atomic E-state index is 11.6. The van der Waals surface area contributed by atoms with E-state index in [1.54, 1.807) is 6.92 Å². The summed E-state index contributed by atoms with van der Waals surface area (Å²) in [6, 6.07) is 0. The lowest BCUT2D eigenvalue weighted by Gasteiger charge is -2.27. The van der Waals surface area contributed by atoms with Crippen LogP contribution in [0.1, 0.15) is 33.6 Å². The van der Waals surface area contributed by atoms with Crippen LogP contribution in [0.2, 0.25) is 0 Å². The average molecular weight is 231 g/mol. The van der Waals surface area contributed by atoms with Gasteiger partial charge in [-0.05, 0) is 19.3 Å². The van der Waals surface area contributed by atoms with Crippen LogP contribution in [0.3, 0.4) is 0 Å². The van der Waals surface area contributed by atoms with Gasteiger partial charge in [-0.25, -0.2) is 0 Å². The van der Waals surface area contributed by atoms with Crippen LogP contribution < -0.4 is 5.73 Å². The van der Waals surface area contributed by atoms with Gasteiger partial charge in [0.2, 0.25) is 0 Å². The first-order valence-electron chi connectivity index (χ1n) is 5.38. The Hall–Kier alpha value is -1.10. The molecule has 0 aliphatic heterocycles. The Labute approximate surface area is 96.3 Å². The summed E-state index contributed by atoms with van der Waals surface area (Å²) in [5.74, 6) is -0.858. The second-order valence-electron chi connectivity index (χ2n) is 4.23. The van der Waals surface area contributed by atoms with Gasteiger partial charge in [0.15, 0.2) is 0 Å². The van der Waals surface area contributed by atoms with Crippen molar-refractivity contribution in [3.05, 3.63) is 0 Å². The summed E-state index contributed by atoms with van der Waals surface area (Å²) < 4.78 is 9.41. The molecule has 0 rings (SSSR count). The van der Waals surface area contributed by atoms with Gasteiger partial charge in [0, 0.05) is 0 Å². The monoisotopic (exact) mass is 231 g/mol. The van der Waals surface area contributed by atoms with Gasteiger partial charge in [-0.1, -0.05) is 13.8 Å². The SMILES string of the molecule is CCOC(=O)CC(N)(CC(C)C)C(=O)OC. The Morgan fingerprint density at radius 3 is 2.31 bits per heavy atom. The van der Waals surface area contributed by atoms with Gasteiger partial charge < -0.3 is 15.2 Å². The molecule has 94 valence electrons. The molecule has 0 aliphatic carbocycles. The van der Waals surface area contributed by atoms with Crippen LogP contribution in [-0.4, -0.2) is 31.2 Å². The third kappa shape index (κ3) is 4.61. The van der Waals surface area contributed by atoms with Crippen molar-refractivity contribution in [2.24, 2.45) is 11.7 Å². The van der Waals surface area contributed by atoms with Crippen molar-refractivity contribution < 1.29 is 19.1 Å². The predicted molar refractivity (Wildman–Crippen MR) is 59.6 cm³/mol. The highest BCUT2D eigenvalue weighted by atomic mass is 16.5. The van der Waals surface area contributed by atoms with E-state index in [0.717, 1.165) is 0 Å². The lowest BCUT2D eigenvalue weighted by Crippen LogP contribution is -2.51. The second kappa shape index (κ2) is 6.48. The number of carbonyl (C=O) groups excluding carboxylic acids is 2. The van der Waals surface area contributed by atoms with Gasteiger partial charge >= 0.3 is 11.9 Å². The van der Waals surface area contributed by atoms with E-state index in [4.69, 9.17) is 10.5 Å². The second-order valence-corrected chi connectivity index (χ2v) is 4.23. The third-order valence-electron chi connectivity index (χ3n) is 2.13. The summed E-state index contributed by atoms with van der Waals surface area (Å²) in [5, 5.41) is 0. The van der Waals surface area contributed by atoms with E-state index in [9.17, 15) is 9.59 Å². The van der Waals surface area contributed by atoms with Crippen LogP contribution in [0.25, 0.3) is 0 Å². The molecule has 0 saturated carbocycles. The maximum absolute atomic E-state index is 11.6. The Bertz CT molecular complexity index is 252. The van der Waals surface area contributed by atoms with E-state index in [1.807, 2.05) is 13.8 Å². The number of rotatable bonds is 6. The molecule has 0 fully saturated rings. The molecule has 5 nitrogen and oxygen atoms in total. The standard InChI is InChI=1S/C11H21NO4/c1-5-16-9(13)7-11(12,6-8(2)3)10(14)15-4/h8H,5-7,12H2,1-4H3. The number of hydrogen-bond donors (Lipinski definition) is 1. The lowest BCUT2D eigenvalue weighted by atomic mass is 9.87. The summed E-state index contributed by atoms with van der Waals surface area (Å²) in [5.41, 5.74) is 4.63. The zero-order chi connectivity index (χ0) is 12.8. The number of hydrogen-bond acceptors (Lipinski definition) is 5. The summed E-state index contributed by atoms with van der Waals surface area (Å²) >= 11 is 0. The molecule has 0 bridgehead atoms. The molecule has 16 heavy (non-hydrogen) atoms. The minimum Gasteiger partial charge on any atom is -0.468 e. The van der Waals surface area contributed by atoms with Crippen molar-refractivity contribution in [1.82, 2.24) is 0 Å². The molecule has 0 heterocycles. The molecular weight excluding hydrogens is 210 g/mol. The summed E-state index contributed by atoms with van der Waals surface area (Å²) in [6.45, 7) is 5.83. The quantitative estimate of drug-likeness (QED) is 0.686. The Balaban J connectivity index is 4.65. The average Bonchev–Trinajstić information content (AvgIpc) is 2.15. The fourth-order valence-electron chi connectivity index (χ4n) is 1.63. The van der Waals surface area contributed by atoms with Crippen molar-refractivity contribution in [2.45, 2.75) is 39.2 Å². The molecule has 1 unspecified atom stereocenters. The normalized spacial score (nSPS) is 14.4. The summed E-state index contributed by atoms with van der Waals surface area (Å²) in [7, 11) is 1.26. The molecule has 0 spiro atoms. The minimum atomic E-state index is -1.28. The zero-order valence-corrected chi connectivity index (χ0v) is 10.4. The van der Waals surface area contributed by atoms with Crippen LogP contribution in [0.15, 0.2) is 0 Å². The molecule has 2 N–H and O–H groups in total. The van der Waals surface area contributed by atoms with E-state index in [0.29, 0.717) is 6.42 Å². The molecule has 0 aromatic rings. The minimum absolute atomic E-state index is 0.147. The fraction of sp³-hybridized carbons (Fsp3) is 0.818. The molecule has 0 aromatic carbocycles. The van der Waals surface area contributed by atoms with Gasteiger partial charge in [0.05, 0.1) is 20.1 Å². The van der Waals surface area contributed by atoms with E-state index in [2.05, 4.69) is 4.74 Å². The van der Waals surface area contributed by atoms with Crippen LogP contribution in [0, 0.1) is 5.92 Å². The Morgan fingerprint density at radius 2 is 1.94 bits per heavy atom. The van der Waals surface area contributed by atoms with Crippen LogP contribution in [0.4, 0.5) is 0 Å². The van der Waals surface area contributed by atoms with Crippen LogP contribution in [0.5, 0.6) is 0 Å². The predicted octanol–water partition coefficient (Wildman–Crippen LogP) is 0.856. The number of nitrogens with two attached hydrogens (primary N) is 1. The first kappa shape index (κ1) is 14.9. The third-order valence-corrected chi connectivity index (χ3v) is 2.13. The van der Waals surface area contributed by atoms with Crippen molar-refractivity contribution >= 4 is 11.9 Å². The Morgan fingerprint density at radius 1 is 1.38 bits per heavy atom. The molecule has 0 saturated heterocycles. The Kier molecular flexibility index (Phi) is 6.03. The van der Waals surface area contributed by atoms with E-state index in [1.165, 1.54) is 7.11 Å². The highest BCUT2D eigenvalue weighted by molar-refractivity contribution is 5.86. The number of methoxy groups -OCH3 is 1. The van der Waals surface area contributed by atoms with Crippen LogP contribution in [-0.2, 0) is 19.1 Å². The topological polar surface area (TPSA) is 78.6 Å². The molecule has 0 amide bonds. The van der Waals surface area contributed by atoms with Gasteiger partial charge in [-0.2, -0.15) is 0 Å². The van der Waals surface area contributed by atoms with E-state index >= 15 is 0 Å². The van der Waals surface area contributed by atoms with Gasteiger partial charge in [-0.15, -0.1) is 0 Å². The zero-order valence-electron chi connectivity index (χ0n) is 10.4.